The molecule has 6 aromatic carbocycles. The van der Waals surface area contributed by atoms with Crippen LogP contribution in [0.1, 0.15) is 22.7 Å². The summed E-state index contributed by atoms with van der Waals surface area (Å²) in [7, 11) is 0. The van der Waals surface area contributed by atoms with E-state index in [0.717, 1.165) is 35.4 Å². The van der Waals surface area contributed by atoms with Gasteiger partial charge in [0.2, 0.25) is 0 Å². The van der Waals surface area contributed by atoms with Crippen LogP contribution in [0.15, 0.2) is 146 Å². The van der Waals surface area contributed by atoms with Crippen molar-refractivity contribution in [1.29, 1.82) is 0 Å². The van der Waals surface area contributed by atoms with Gasteiger partial charge in [0.15, 0.2) is 17.5 Å². The molecule has 0 spiro atoms. The molecule has 4 heterocycles. The molecule has 51 heavy (non-hydrogen) atoms. The molecule has 0 fully saturated rings. The molecule has 1 aliphatic rings. The van der Waals surface area contributed by atoms with Crippen molar-refractivity contribution in [2.24, 2.45) is 0 Å². The lowest BCUT2D eigenvalue weighted by atomic mass is 9.93. The predicted molar refractivity (Wildman–Crippen MR) is 215 cm³/mol. The zero-order chi connectivity index (χ0) is 33.5. The van der Waals surface area contributed by atoms with Crippen molar-refractivity contribution in [3.05, 3.63) is 162 Å². The van der Waals surface area contributed by atoms with Gasteiger partial charge in [0.25, 0.3) is 0 Å². The van der Waals surface area contributed by atoms with E-state index in [1.54, 1.807) is 0 Å². The van der Waals surface area contributed by atoms with Crippen LogP contribution in [0.4, 0.5) is 0 Å². The maximum absolute atomic E-state index is 5.18. The van der Waals surface area contributed by atoms with Gasteiger partial charge in [-0.1, -0.05) is 115 Å². The Morgan fingerprint density at radius 1 is 0.490 bits per heavy atom. The van der Waals surface area contributed by atoms with E-state index in [9.17, 15) is 0 Å². The zero-order valence-electron chi connectivity index (χ0n) is 27.4. The second-order valence-corrected chi connectivity index (χ2v) is 15.2. The van der Waals surface area contributed by atoms with Crippen LogP contribution in [0.3, 0.4) is 0 Å². The van der Waals surface area contributed by atoms with Gasteiger partial charge in [-0.2, -0.15) is 0 Å². The van der Waals surface area contributed by atoms with Crippen molar-refractivity contribution in [1.82, 2.24) is 19.5 Å². The highest BCUT2D eigenvalue weighted by molar-refractivity contribution is 7.28. The fourth-order valence-corrected chi connectivity index (χ4v) is 10.5. The second kappa shape index (κ2) is 11.3. The molecule has 0 bridgehead atoms. The molecule has 0 atom stereocenters. The van der Waals surface area contributed by atoms with Crippen LogP contribution in [0.5, 0.6) is 0 Å². The molecule has 11 rings (SSSR count). The van der Waals surface area contributed by atoms with Crippen LogP contribution >= 0.6 is 22.7 Å². The minimum absolute atomic E-state index is 0.690. The first-order valence-corrected chi connectivity index (χ1v) is 18.9. The molecular formula is C45H28N4S2. The summed E-state index contributed by atoms with van der Waals surface area (Å²) < 4.78 is 6.38. The van der Waals surface area contributed by atoms with Crippen LogP contribution in [-0.4, -0.2) is 19.5 Å². The average Bonchev–Trinajstić information content (AvgIpc) is 3.88. The van der Waals surface area contributed by atoms with E-state index in [0.29, 0.717) is 11.6 Å². The summed E-state index contributed by atoms with van der Waals surface area (Å²) >= 11 is 3.82. The summed E-state index contributed by atoms with van der Waals surface area (Å²) in [6, 6.07) is 49.5. The molecule has 240 valence electrons. The van der Waals surface area contributed by atoms with Gasteiger partial charge >= 0.3 is 0 Å². The molecule has 4 nitrogen and oxygen atoms in total. The van der Waals surface area contributed by atoms with Gasteiger partial charge in [0, 0.05) is 68.2 Å². The van der Waals surface area contributed by atoms with Crippen LogP contribution < -0.4 is 0 Å². The van der Waals surface area contributed by atoms with Crippen LogP contribution in [0, 0.1) is 0 Å². The number of fused-ring (bicyclic) bond motifs is 10. The van der Waals surface area contributed by atoms with Crippen molar-refractivity contribution >= 4 is 80.3 Å². The Morgan fingerprint density at radius 3 is 1.78 bits per heavy atom. The van der Waals surface area contributed by atoms with E-state index < -0.39 is 0 Å². The summed E-state index contributed by atoms with van der Waals surface area (Å²) in [5.74, 6) is 2.11. The average molecular weight is 689 g/mol. The maximum atomic E-state index is 5.18. The first-order chi connectivity index (χ1) is 25.3. The van der Waals surface area contributed by atoms with Crippen LogP contribution in [0.25, 0.3) is 86.1 Å². The number of hydrogen-bond acceptors (Lipinski definition) is 5. The lowest BCUT2D eigenvalue weighted by Crippen LogP contribution is -2.06. The molecular weight excluding hydrogens is 661 g/mol. The van der Waals surface area contributed by atoms with E-state index in [4.69, 9.17) is 15.0 Å². The van der Waals surface area contributed by atoms with Gasteiger partial charge in [-0.15, -0.1) is 22.7 Å². The van der Waals surface area contributed by atoms with E-state index >= 15 is 0 Å². The van der Waals surface area contributed by atoms with Gasteiger partial charge in [-0.3, -0.25) is 0 Å². The highest BCUT2D eigenvalue weighted by Crippen LogP contribution is 2.49. The Balaban J connectivity index is 1.17. The largest absolute Gasteiger partial charge is 0.309 e. The Kier molecular flexibility index (Phi) is 6.38. The molecule has 0 amide bonds. The number of rotatable bonds is 4. The fourth-order valence-electron chi connectivity index (χ4n) is 7.91. The SMILES string of the molecule is C1=C(c2nc(-c3ccccc3)nc(-c3ccccc3)n2)c2c(sc3ccc4c(sc5cccc(-n6c7ccccc7c7ccccc76)c54)c23)CC1. The highest BCUT2D eigenvalue weighted by atomic mass is 32.1. The minimum Gasteiger partial charge on any atom is -0.309 e. The molecule has 0 radical (unpaired) electrons. The number of para-hydroxylation sites is 2. The molecule has 6 heteroatoms. The van der Waals surface area contributed by atoms with Gasteiger partial charge < -0.3 is 4.57 Å². The first-order valence-electron chi connectivity index (χ1n) is 17.3. The van der Waals surface area contributed by atoms with Crippen molar-refractivity contribution in [3.63, 3.8) is 0 Å². The van der Waals surface area contributed by atoms with Crippen molar-refractivity contribution < 1.29 is 0 Å². The van der Waals surface area contributed by atoms with E-state index in [1.165, 1.54) is 68.2 Å². The Hall–Kier alpha value is -5.95. The lowest BCUT2D eigenvalue weighted by Gasteiger charge is -2.16. The molecule has 0 saturated carbocycles. The normalized spacial score (nSPS) is 13.1. The summed E-state index contributed by atoms with van der Waals surface area (Å²) in [6.07, 6.45) is 4.32. The Labute approximate surface area is 301 Å². The van der Waals surface area contributed by atoms with Crippen molar-refractivity contribution in [2.45, 2.75) is 12.8 Å². The lowest BCUT2D eigenvalue weighted by molar-refractivity contribution is 0.983. The van der Waals surface area contributed by atoms with Gasteiger partial charge in [0.05, 0.1) is 16.7 Å². The summed E-state index contributed by atoms with van der Waals surface area (Å²) in [6.45, 7) is 0. The molecule has 0 unspecified atom stereocenters. The number of allylic oxidation sites excluding steroid dienone is 1. The van der Waals surface area contributed by atoms with Gasteiger partial charge in [0.1, 0.15) is 0 Å². The number of hydrogen-bond donors (Lipinski definition) is 0. The molecule has 10 aromatic rings. The van der Waals surface area contributed by atoms with Crippen molar-refractivity contribution in [3.8, 4) is 28.5 Å². The van der Waals surface area contributed by atoms with Crippen LogP contribution in [-0.2, 0) is 6.42 Å². The topological polar surface area (TPSA) is 43.6 Å². The third-order valence-electron chi connectivity index (χ3n) is 10.1. The Bertz CT molecular complexity index is 2910. The van der Waals surface area contributed by atoms with E-state index in [-0.39, 0.29) is 0 Å². The molecule has 1 aliphatic carbocycles. The summed E-state index contributed by atoms with van der Waals surface area (Å²) in [5.41, 5.74) is 8.01. The smallest absolute Gasteiger partial charge is 0.164 e. The monoisotopic (exact) mass is 688 g/mol. The van der Waals surface area contributed by atoms with E-state index in [1.807, 2.05) is 59.1 Å². The third-order valence-corrected chi connectivity index (χ3v) is 12.5. The quantitative estimate of drug-likeness (QED) is 0.185. The zero-order valence-corrected chi connectivity index (χ0v) is 29.0. The summed E-state index contributed by atoms with van der Waals surface area (Å²) in [4.78, 5) is 16.7. The summed E-state index contributed by atoms with van der Waals surface area (Å²) in [5, 5.41) is 6.45. The van der Waals surface area contributed by atoms with Gasteiger partial charge in [-0.25, -0.2) is 15.0 Å². The fraction of sp³-hybridized carbons (Fsp3) is 0.0444. The van der Waals surface area contributed by atoms with Crippen LogP contribution in [0.2, 0.25) is 0 Å². The maximum Gasteiger partial charge on any atom is 0.164 e. The standard InChI is InChI=1S/C45H28N4S2/c1-3-13-27(14-4-1)43-46-44(28-15-5-2-6-16-28)48-45(47-43)32-19-11-23-37-40(32)41-38(50-37)26-25-31-39-35(22-12-24-36(39)51-42(31)41)49-33-20-9-7-17-29(33)30-18-8-10-21-34(30)49/h1-10,12-22,24-26H,11,23H2. The Morgan fingerprint density at radius 2 is 1.10 bits per heavy atom. The predicted octanol–water partition coefficient (Wildman–Crippen LogP) is 12.3. The second-order valence-electron chi connectivity index (χ2n) is 13.0. The van der Waals surface area contributed by atoms with Gasteiger partial charge in [-0.05, 0) is 43.2 Å². The number of thiophene rings is 2. The number of aryl methyl sites for hydroxylation is 1. The number of benzene rings is 6. The molecule has 0 saturated heterocycles. The van der Waals surface area contributed by atoms with E-state index in [2.05, 4.69) is 114 Å². The molecule has 0 N–H and O–H groups in total. The number of aromatic nitrogens is 4. The highest BCUT2D eigenvalue weighted by Gasteiger charge is 2.26. The van der Waals surface area contributed by atoms with Crippen molar-refractivity contribution in [2.75, 3.05) is 0 Å². The first kappa shape index (κ1) is 28.8. The molecule has 4 aromatic heterocycles. The number of nitrogens with zero attached hydrogens (tertiary/aromatic N) is 4. The third kappa shape index (κ3) is 4.40. The minimum atomic E-state index is 0.690. The molecule has 0 aliphatic heterocycles.